The van der Waals surface area contributed by atoms with Crippen LogP contribution in [0.25, 0.3) is 0 Å². The van der Waals surface area contributed by atoms with E-state index in [1.807, 2.05) is 11.8 Å². The summed E-state index contributed by atoms with van der Waals surface area (Å²) in [6.45, 7) is 5.60. The van der Waals surface area contributed by atoms with Crippen LogP contribution in [-0.2, 0) is 0 Å². The van der Waals surface area contributed by atoms with Gasteiger partial charge in [-0.25, -0.2) is 9.37 Å². The van der Waals surface area contributed by atoms with Crippen LogP contribution in [0.5, 0.6) is 0 Å². The molecule has 5 heteroatoms. The lowest BCUT2D eigenvalue weighted by atomic mass is 10.2. The number of halogens is 1. The summed E-state index contributed by atoms with van der Waals surface area (Å²) in [5.41, 5.74) is 0.353. The molecule has 0 aromatic carbocycles. The predicted molar refractivity (Wildman–Crippen MR) is 81.9 cm³/mol. The van der Waals surface area contributed by atoms with E-state index in [1.54, 1.807) is 0 Å². The number of amides is 1. The molecule has 1 N–H and O–H groups in total. The summed E-state index contributed by atoms with van der Waals surface area (Å²) in [6.07, 6.45) is 6.20. The molecule has 0 unspecified atom stereocenters. The molecule has 1 aliphatic carbocycles. The molecule has 0 radical (unpaired) electrons. The van der Waals surface area contributed by atoms with E-state index in [-0.39, 0.29) is 5.91 Å². The van der Waals surface area contributed by atoms with Crippen LogP contribution in [0.4, 0.5) is 10.2 Å². The Kier molecular flexibility index (Phi) is 5.53. The van der Waals surface area contributed by atoms with Gasteiger partial charge in [-0.1, -0.05) is 20.3 Å². The fourth-order valence-electron chi connectivity index (χ4n) is 2.31. The lowest BCUT2D eigenvalue weighted by molar-refractivity contribution is 0.0741. The summed E-state index contributed by atoms with van der Waals surface area (Å²) in [5.74, 6) is -0.0754. The topological polar surface area (TPSA) is 45.2 Å². The Morgan fingerprint density at radius 1 is 1.43 bits per heavy atom. The molecule has 4 nitrogen and oxygen atoms in total. The minimum Gasteiger partial charge on any atom is -0.369 e. The van der Waals surface area contributed by atoms with Gasteiger partial charge in [0.25, 0.3) is 5.91 Å². The zero-order chi connectivity index (χ0) is 15.2. The molecular formula is C16H24FN3O. The predicted octanol–water partition coefficient (Wildman–Crippen LogP) is 3.45. The van der Waals surface area contributed by atoms with E-state index in [9.17, 15) is 9.18 Å². The van der Waals surface area contributed by atoms with Gasteiger partial charge in [-0.15, -0.1) is 0 Å². The molecule has 0 bridgehead atoms. The lowest BCUT2D eigenvalue weighted by Gasteiger charge is -2.23. The third kappa shape index (κ3) is 4.16. The summed E-state index contributed by atoms with van der Waals surface area (Å²) < 4.78 is 13.5. The number of pyridine rings is 1. The highest BCUT2D eigenvalue weighted by molar-refractivity contribution is 5.99. The molecule has 1 aromatic rings. The monoisotopic (exact) mass is 293 g/mol. The highest BCUT2D eigenvalue weighted by Crippen LogP contribution is 2.29. The van der Waals surface area contributed by atoms with E-state index in [0.29, 0.717) is 17.4 Å². The van der Waals surface area contributed by atoms with Crippen molar-refractivity contribution >= 4 is 11.7 Å². The number of carbonyl (C=O) groups excluding carboxylic acids is 1. The maximum absolute atomic E-state index is 13.5. The second kappa shape index (κ2) is 7.38. The Bertz CT molecular complexity index is 488. The van der Waals surface area contributed by atoms with Crippen molar-refractivity contribution in [2.45, 2.75) is 52.0 Å². The van der Waals surface area contributed by atoms with Gasteiger partial charge in [-0.2, -0.15) is 0 Å². The molecule has 116 valence electrons. The molecule has 0 saturated heterocycles. The number of rotatable bonds is 8. The van der Waals surface area contributed by atoms with Crippen molar-refractivity contribution in [2.75, 3.05) is 18.4 Å². The molecule has 0 spiro atoms. The maximum atomic E-state index is 13.5. The van der Waals surface area contributed by atoms with Gasteiger partial charge in [0.1, 0.15) is 11.6 Å². The van der Waals surface area contributed by atoms with Gasteiger partial charge < -0.3 is 10.2 Å². The highest BCUT2D eigenvalue weighted by Gasteiger charge is 2.33. The number of anilines is 1. The number of aromatic nitrogens is 1. The minimum absolute atomic E-state index is 0.100. The van der Waals surface area contributed by atoms with Gasteiger partial charge in [0.05, 0.1) is 11.8 Å². The minimum atomic E-state index is -0.466. The van der Waals surface area contributed by atoms with Crippen LogP contribution in [0.1, 0.15) is 56.3 Å². The van der Waals surface area contributed by atoms with E-state index >= 15 is 0 Å². The summed E-state index contributed by atoms with van der Waals surface area (Å²) in [7, 11) is 0. The average Bonchev–Trinajstić information content (AvgIpc) is 3.31. The van der Waals surface area contributed by atoms with Crippen LogP contribution in [-0.4, -0.2) is 34.9 Å². The van der Waals surface area contributed by atoms with Crippen molar-refractivity contribution in [1.82, 2.24) is 9.88 Å². The number of nitrogens with zero attached hydrogens (tertiary/aromatic N) is 2. The number of nitrogens with one attached hydrogen (secondary N) is 1. The van der Waals surface area contributed by atoms with Gasteiger partial charge in [0, 0.05) is 19.1 Å². The molecule has 2 rings (SSSR count). The van der Waals surface area contributed by atoms with E-state index in [0.717, 1.165) is 51.4 Å². The van der Waals surface area contributed by atoms with Gasteiger partial charge >= 0.3 is 0 Å². The normalized spacial score (nSPS) is 14.0. The Hall–Kier alpha value is -1.65. The summed E-state index contributed by atoms with van der Waals surface area (Å²) in [6, 6.07) is 1.63. The standard InChI is InChI=1S/C16H24FN3O/c1-3-5-9-20(13-6-7-13)16(21)14-10-12(17)11-19-15(14)18-8-4-2/h10-11,13H,3-9H2,1-2H3,(H,18,19). The molecule has 1 amide bonds. The summed E-state index contributed by atoms with van der Waals surface area (Å²) >= 11 is 0. The van der Waals surface area contributed by atoms with E-state index in [1.165, 1.54) is 6.07 Å². The molecule has 1 heterocycles. The maximum Gasteiger partial charge on any atom is 0.257 e. The first-order valence-corrected chi connectivity index (χ1v) is 7.87. The third-order valence-electron chi connectivity index (χ3n) is 3.63. The molecule has 1 fully saturated rings. The zero-order valence-corrected chi connectivity index (χ0v) is 12.9. The number of hydrogen-bond donors (Lipinski definition) is 1. The van der Waals surface area contributed by atoms with Crippen molar-refractivity contribution in [3.63, 3.8) is 0 Å². The van der Waals surface area contributed by atoms with Gasteiger partial charge in [0.2, 0.25) is 0 Å². The second-order valence-electron chi connectivity index (χ2n) is 5.56. The van der Waals surface area contributed by atoms with Crippen molar-refractivity contribution in [3.8, 4) is 0 Å². The Morgan fingerprint density at radius 2 is 2.19 bits per heavy atom. The Balaban J connectivity index is 2.20. The highest BCUT2D eigenvalue weighted by atomic mass is 19.1. The largest absolute Gasteiger partial charge is 0.369 e. The average molecular weight is 293 g/mol. The number of unbranched alkanes of at least 4 members (excludes halogenated alkanes) is 1. The first-order chi connectivity index (χ1) is 10.2. The van der Waals surface area contributed by atoms with Crippen LogP contribution >= 0.6 is 0 Å². The van der Waals surface area contributed by atoms with E-state index in [2.05, 4.69) is 17.2 Å². The van der Waals surface area contributed by atoms with Crippen LogP contribution < -0.4 is 5.32 Å². The second-order valence-corrected chi connectivity index (χ2v) is 5.56. The summed E-state index contributed by atoms with van der Waals surface area (Å²) in [5, 5.41) is 3.12. The van der Waals surface area contributed by atoms with Gasteiger partial charge in [-0.05, 0) is 31.7 Å². The van der Waals surface area contributed by atoms with E-state index < -0.39 is 5.82 Å². The van der Waals surface area contributed by atoms with Crippen molar-refractivity contribution in [3.05, 3.63) is 23.6 Å². The van der Waals surface area contributed by atoms with Crippen LogP contribution in [0.2, 0.25) is 0 Å². The van der Waals surface area contributed by atoms with Crippen molar-refractivity contribution < 1.29 is 9.18 Å². The van der Waals surface area contributed by atoms with Gasteiger partial charge in [-0.3, -0.25) is 4.79 Å². The molecule has 1 aliphatic rings. The first-order valence-electron chi connectivity index (χ1n) is 7.87. The molecule has 1 saturated carbocycles. The lowest BCUT2D eigenvalue weighted by Crippen LogP contribution is -2.34. The number of carbonyl (C=O) groups is 1. The van der Waals surface area contributed by atoms with Crippen molar-refractivity contribution in [2.24, 2.45) is 0 Å². The SMILES string of the molecule is CCCCN(C(=O)c1cc(F)cnc1NCCC)C1CC1. The van der Waals surface area contributed by atoms with Crippen LogP contribution in [0.3, 0.4) is 0 Å². The molecule has 0 aliphatic heterocycles. The fraction of sp³-hybridized carbons (Fsp3) is 0.625. The molecule has 21 heavy (non-hydrogen) atoms. The van der Waals surface area contributed by atoms with E-state index in [4.69, 9.17) is 0 Å². The van der Waals surface area contributed by atoms with Crippen LogP contribution in [0.15, 0.2) is 12.3 Å². The van der Waals surface area contributed by atoms with Gasteiger partial charge in [0.15, 0.2) is 0 Å². The van der Waals surface area contributed by atoms with Crippen LogP contribution in [0, 0.1) is 5.82 Å². The fourth-order valence-corrected chi connectivity index (χ4v) is 2.31. The quantitative estimate of drug-likeness (QED) is 0.798. The Labute approximate surface area is 125 Å². The number of hydrogen-bond acceptors (Lipinski definition) is 3. The van der Waals surface area contributed by atoms with Crippen molar-refractivity contribution in [1.29, 1.82) is 0 Å². The molecule has 1 aromatic heterocycles. The Morgan fingerprint density at radius 3 is 2.81 bits per heavy atom. The molecule has 0 atom stereocenters. The smallest absolute Gasteiger partial charge is 0.257 e. The third-order valence-corrected chi connectivity index (χ3v) is 3.63. The summed E-state index contributed by atoms with van der Waals surface area (Å²) in [4.78, 5) is 18.7. The molecular weight excluding hydrogens is 269 g/mol. The first kappa shape index (κ1) is 15.7. The zero-order valence-electron chi connectivity index (χ0n) is 12.9.